The van der Waals surface area contributed by atoms with Crippen LogP contribution in [-0.2, 0) is 10.2 Å². The van der Waals surface area contributed by atoms with Crippen molar-refractivity contribution in [3.8, 4) is 22.9 Å². The van der Waals surface area contributed by atoms with Gasteiger partial charge in [-0.05, 0) is 59.5 Å². The number of anilines is 1. The Hall–Kier alpha value is -4.22. The van der Waals surface area contributed by atoms with Crippen LogP contribution in [0.2, 0.25) is 0 Å². The molecule has 0 bridgehead atoms. The highest BCUT2D eigenvalue weighted by Gasteiger charge is 2.27. The molecule has 0 spiro atoms. The average molecular weight is 618 g/mol. The van der Waals surface area contributed by atoms with Gasteiger partial charge in [0.25, 0.3) is 0 Å². The molecule has 1 saturated heterocycles. The second kappa shape index (κ2) is 13.6. The van der Waals surface area contributed by atoms with E-state index in [0.29, 0.717) is 48.4 Å². The highest BCUT2D eigenvalue weighted by Crippen LogP contribution is 2.41. The van der Waals surface area contributed by atoms with Crippen molar-refractivity contribution in [3.63, 3.8) is 0 Å². The second-order valence-corrected chi connectivity index (χ2v) is 12.2. The molecule has 1 aromatic heterocycles. The van der Waals surface area contributed by atoms with Crippen molar-refractivity contribution >= 4 is 29.4 Å². The Kier molecular flexibility index (Phi) is 9.65. The number of Topliss-reactive ketones (excluding diaryl/α,β-unsaturated/α-hetero) is 1. The molecule has 0 atom stereocenters. The predicted octanol–water partition coefficient (Wildman–Crippen LogP) is 6.09. The summed E-state index contributed by atoms with van der Waals surface area (Å²) in [7, 11) is 3.27. The lowest BCUT2D eigenvalue weighted by Gasteiger charge is -2.33. The first-order valence-corrected chi connectivity index (χ1v) is 15.3. The predicted molar refractivity (Wildman–Crippen MR) is 171 cm³/mol. The van der Waals surface area contributed by atoms with Gasteiger partial charge < -0.3 is 19.1 Å². The normalized spacial score (nSPS) is 13.8. The Bertz CT molecular complexity index is 1640. The minimum atomic E-state index is -0.397. The minimum absolute atomic E-state index is 0.0707. The molecule has 0 amide bonds. The lowest BCUT2D eigenvalue weighted by atomic mass is 9.84. The first-order valence-electron chi connectivity index (χ1n) is 14.3. The van der Waals surface area contributed by atoms with Crippen LogP contribution in [0.1, 0.15) is 42.3 Å². The fourth-order valence-electron chi connectivity index (χ4n) is 4.88. The number of thioether (sulfide) groups is 1. The van der Waals surface area contributed by atoms with Crippen molar-refractivity contribution in [2.24, 2.45) is 5.10 Å². The van der Waals surface area contributed by atoms with Gasteiger partial charge in [-0.1, -0.05) is 44.7 Å². The molecule has 5 rings (SSSR count). The Morgan fingerprint density at radius 2 is 1.80 bits per heavy atom. The van der Waals surface area contributed by atoms with E-state index in [2.05, 4.69) is 41.0 Å². The third-order valence-corrected chi connectivity index (χ3v) is 8.14. The van der Waals surface area contributed by atoms with Crippen molar-refractivity contribution in [1.29, 1.82) is 0 Å². The number of aromatic nitrogens is 3. The zero-order chi connectivity index (χ0) is 31.3. The van der Waals surface area contributed by atoms with E-state index in [0.717, 1.165) is 28.3 Å². The molecule has 3 aromatic carbocycles. The van der Waals surface area contributed by atoms with Crippen LogP contribution in [0.25, 0.3) is 11.4 Å². The lowest BCUT2D eigenvalue weighted by Crippen LogP contribution is -2.37. The average Bonchev–Trinajstić information content (AvgIpc) is 3.44. The molecule has 1 aliphatic heterocycles. The summed E-state index contributed by atoms with van der Waals surface area (Å²) in [6, 6.07) is 17.3. The molecule has 1 aliphatic rings. The van der Waals surface area contributed by atoms with Crippen molar-refractivity contribution in [2.75, 3.05) is 51.2 Å². The maximum Gasteiger partial charge on any atom is 0.212 e. The molecule has 11 heteroatoms. The highest BCUT2D eigenvalue weighted by molar-refractivity contribution is 7.99. The number of hydrogen-bond acceptors (Lipinski definition) is 9. The Labute approximate surface area is 261 Å². The number of methoxy groups -OCH3 is 2. The molecule has 230 valence electrons. The van der Waals surface area contributed by atoms with E-state index in [1.54, 1.807) is 32.6 Å². The van der Waals surface area contributed by atoms with Crippen LogP contribution < -0.4 is 14.4 Å². The number of halogens is 1. The molecule has 44 heavy (non-hydrogen) atoms. The van der Waals surface area contributed by atoms with Crippen LogP contribution in [0.15, 0.2) is 70.9 Å². The van der Waals surface area contributed by atoms with Crippen LogP contribution in [0.5, 0.6) is 11.5 Å². The SMILES string of the molecule is COc1ccc(/C=N/n2c(SCC(=O)c3cc(N4CCOCC4)c(OC)c(C(C)(C)C)c3)nnc2-c2cccc(F)c2)cc1. The number of carbonyl (C=O) groups excluding carboxylic acids is 1. The van der Waals surface area contributed by atoms with E-state index in [9.17, 15) is 9.18 Å². The first kappa shape index (κ1) is 31.2. The lowest BCUT2D eigenvalue weighted by molar-refractivity contribution is 0.102. The summed E-state index contributed by atoms with van der Waals surface area (Å²) < 4.78 is 32.3. The summed E-state index contributed by atoms with van der Waals surface area (Å²) in [5, 5.41) is 13.7. The molecule has 0 N–H and O–H groups in total. The molecule has 0 radical (unpaired) electrons. The quantitative estimate of drug-likeness (QED) is 0.120. The Morgan fingerprint density at radius 1 is 1.05 bits per heavy atom. The van der Waals surface area contributed by atoms with E-state index in [4.69, 9.17) is 14.2 Å². The van der Waals surface area contributed by atoms with E-state index >= 15 is 0 Å². The monoisotopic (exact) mass is 617 g/mol. The number of ketones is 1. The molecule has 9 nitrogen and oxygen atoms in total. The molecular formula is C33H36FN5O4S. The van der Waals surface area contributed by atoms with Crippen molar-refractivity contribution in [3.05, 3.63) is 83.2 Å². The number of ether oxygens (including phenoxy) is 3. The van der Waals surface area contributed by atoms with Gasteiger partial charge in [0, 0.05) is 29.8 Å². The number of benzene rings is 3. The van der Waals surface area contributed by atoms with Gasteiger partial charge in [0.05, 0.1) is 45.1 Å². The molecule has 0 aliphatic carbocycles. The van der Waals surface area contributed by atoms with Gasteiger partial charge in [-0.3, -0.25) is 4.79 Å². The zero-order valence-electron chi connectivity index (χ0n) is 25.5. The summed E-state index contributed by atoms with van der Waals surface area (Å²) in [6.45, 7) is 8.97. The summed E-state index contributed by atoms with van der Waals surface area (Å²) in [5.41, 5.74) is 3.51. The second-order valence-electron chi connectivity index (χ2n) is 11.3. The molecule has 2 heterocycles. The van der Waals surface area contributed by atoms with E-state index < -0.39 is 5.82 Å². The Morgan fingerprint density at radius 3 is 2.45 bits per heavy atom. The minimum Gasteiger partial charge on any atom is -0.497 e. The van der Waals surface area contributed by atoms with Crippen molar-refractivity contribution in [2.45, 2.75) is 31.3 Å². The van der Waals surface area contributed by atoms with Crippen LogP contribution in [0, 0.1) is 5.82 Å². The summed E-state index contributed by atoms with van der Waals surface area (Å²) in [5.74, 6) is 1.49. The standard InChI is InChI=1S/C33H36FN5O4S/c1-33(2,3)27-18-24(19-28(30(27)42-5)38-13-15-43-16-14-38)29(40)21-44-32-37-36-31(23-7-6-8-25(34)17-23)39(32)35-20-22-9-11-26(41-4)12-10-22/h6-12,17-20H,13-16,21H2,1-5H3/b35-20+. The van der Waals surface area contributed by atoms with Gasteiger partial charge in [-0.2, -0.15) is 9.78 Å². The molecule has 1 fully saturated rings. The highest BCUT2D eigenvalue weighted by atomic mass is 32.2. The van der Waals surface area contributed by atoms with E-state index in [1.807, 2.05) is 36.4 Å². The topological polar surface area (TPSA) is 91.1 Å². The summed E-state index contributed by atoms with van der Waals surface area (Å²) in [4.78, 5) is 15.9. The van der Waals surface area contributed by atoms with Gasteiger partial charge >= 0.3 is 0 Å². The van der Waals surface area contributed by atoms with Gasteiger partial charge in [-0.25, -0.2) is 4.39 Å². The van der Waals surface area contributed by atoms with Crippen LogP contribution in [-0.4, -0.2) is 73.1 Å². The van der Waals surface area contributed by atoms with E-state index in [-0.39, 0.29) is 17.0 Å². The molecule has 0 unspecified atom stereocenters. The number of morpholine rings is 1. The third kappa shape index (κ3) is 7.11. The van der Waals surface area contributed by atoms with E-state index in [1.165, 1.54) is 28.6 Å². The van der Waals surface area contributed by atoms with Gasteiger partial charge in [0.1, 0.15) is 17.3 Å². The van der Waals surface area contributed by atoms with Crippen molar-refractivity contribution in [1.82, 2.24) is 14.9 Å². The zero-order valence-corrected chi connectivity index (χ0v) is 26.4. The fourth-order valence-corrected chi connectivity index (χ4v) is 5.66. The van der Waals surface area contributed by atoms with Gasteiger partial charge in [0.15, 0.2) is 11.6 Å². The fraction of sp³-hybridized carbons (Fsp3) is 0.333. The third-order valence-electron chi connectivity index (χ3n) is 7.22. The van der Waals surface area contributed by atoms with Crippen molar-refractivity contribution < 1.29 is 23.4 Å². The summed E-state index contributed by atoms with van der Waals surface area (Å²) in [6.07, 6.45) is 1.66. The Balaban J connectivity index is 1.46. The summed E-state index contributed by atoms with van der Waals surface area (Å²) >= 11 is 1.22. The largest absolute Gasteiger partial charge is 0.497 e. The molecule has 0 saturated carbocycles. The number of carbonyl (C=O) groups is 1. The maximum atomic E-state index is 14.1. The van der Waals surface area contributed by atoms with Crippen LogP contribution >= 0.6 is 11.8 Å². The maximum absolute atomic E-state index is 14.1. The van der Waals surface area contributed by atoms with Gasteiger partial charge in [-0.15, -0.1) is 10.2 Å². The first-order chi connectivity index (χ1) is 21.2. The van der Waals surface area contributed by atoms with Crippen LogP contribution in [0.3, 0.4) is 0 Å². The number of rotatable bonds is 10. The molecule has 4 aromatic rings. The molecular weight excluding hydrogens is 581 g/mol. The van der Waals surface area contributed by atoms with Gasteiger partial charge in [0.2, 0.25) is 5.16 Å². The van der Waals surface area contributed by atoms with Crippen LogP contribution in [0.4, 0.5) is 10.1 Å². The number of hydrogen-bond donors (Lipinski definition) is 0. The number of nitrogens with zero attached hydrogens (tertiary/aromatic N) is 5. The smallest absolute Gasteiger partial charge is 0.212 e.